The lowest BCUT2D eigenvalue weighted by atomic mass is 9.57. The van der Waals surface area contributed by atoms with Crippen LogP contribution in [0, 0.1) is 23.2 Å². The molecule has 44 heavy (non-hydrogen) atoms. The molecule has 0 saturated heterocycles. The zero-order chi connectivity index (χ0) is 31.3. The van der Waals surface area contributed by atoms with Crippen molar-refractivity contribution in [2.45, 2.75) is 75.9 Å². The van der Waals surface area contributed by atoms with E-state index in [9.17, 15) is 19.2 Å². The summed E-state index contributed by atoms with van der Waals surface area (Å²) in [7, 11) is -2.94. The zero-order valence-electron chi connectivity index (χ0n) is 26.0. The number of carbonyl (C=O) groups excluding carboxylic acids is 1. The fourth-order valence-electron chi connectivity index (χ4n) is 8.45. The lowest BCUT2D eigenvalue weighted by Crippen LogP contribution is -2.52. The highest BCUT2D eigenvalue weighted by molar-refractivity contribution is 7.99. The van der Waals surface area contributed by atoms with E-state index in [4.69, 9.17) is 16.3 Å². The van der Waals surface area contributed by atoms with Gasteiger partial charge in [-0.15, -0.1) is 0 Å². The molecule has 2 aliphatic carbocycles. The van der Waals surface area contributed by atoms with Gasteiger partial charge in [0.1, 0.15) is 5.75 Å². The number of fused-ring (bicyclic) bond motifs is 4. The minimum atomic E-state index is -2.94. The molecule has 240 valence electrons. The van der Waals surface area contributed by atoms with Gasteiger partial charge in [-0.05, 0) is 117 Å². The molecular formula is C35H47ClN2O5S. The number of anilines is 1. The summed E-state index contributed by atoms with van der Waals surface area (Å²) < 4.78 is 23.1. The van der Waals surface area contributed by atoms with Gasteiger partial charge in [-0.25, -0.2) is 4.21 Å². The van der Waals surface area contributed by atoms with Crippen LogP contribution in [0.3, 0.4) is 0 Å². The molecule has 9 heteroatoms. The van der Waals surface area contributed by atoms with Gasteiger partial charge in [0.25, 0.3) is 5.91 Å². The molecule has 2 aromatic carbocycles. The minimum Gasteiger partial charge on any atom is -0.490 e. The van der Waals surface area contributed by atoms with Crippen LogP contribution in [0.1, 0.15) is 80.3 Å². The van der Waals surface area contributed by atoms with Gasteiger partial charge in [0, 0.05) is 39.8 Å². The van der Waals surface area contributed by atoms with Gasteiger partial charge in [0.15, 0.2) is 0 Å². The standard InChI is InChI=1S/C35H47ClN2O5S/c1-23-6-4-15-35(20-39,21-40)30-11-8-27(30)18-38-19-34(14-5-7-25-16-28(36)10-12-29(25)34)22-43-32-13-9-26(17-31(32)38)33(41)37-44(3,42)24(23)2/h9-10,12-13,16-17,23-24,27,30,39-40H,3-8,11,14-15,18-22H2,1-2H3,(H,37,41,42)/t23-,24+,27-,30+,34-,44?/m0/s1. The smallest absolute Gasteiger partial charge is 0.262 e. The number of aryl methyl sites for hydroxylation is 1. The number of carbonyl (C=O) groups is 1. The van der Waals surface area contributed by atoms with Crippen molar-refractivity contribution in [1.29, 1.82) is 0 Å². The number of rotatable bonds is 2. The summed E-state index contributed by atoms with van der Waals surface area (Å²) in [6, 6.07) is 11.7. The second-order valence-electron chi connectivity index (χ2n) is 14.1. The first-order chi connectivity index (χ1) is 21.0. The number of ether oxygens (including phenoxy) is 1. The van der Waals surface area contributed by atoms with Crippen LogP contribution in [0.25, 0.3) is 0 Å². The molecule has 4 aliphatic rings. The minimum absolute atomic E-state index is 0.0425. The van der Waals surface area contributed by atoms with Crippen molar-refractivity contribution < 1.29 is 24.0 Å². The second kappa shape index (κ2) is 12.2. The molecule has 2 bridgehead atoms. The van der Waals surface area contributed by atoms with Gasteiger partial charge >= 0.3 is 0 Å². The zero-order valence-corrected chi connectivity index (χ0v) is 27.6. The van der Waals surface area contributed by atoms with Crippen LogP contribution in [-0.2, 0) is 21.5 Å². The molecule has 0 radical (unpaired) electrons. The predicted molar refractivity (Wildman–Crippen MR) is 178 cm³/mol. The molecule has 7 nitrogen and oxygen atoms in total. The quantitative estimate of drug-likeness (QED) is 0.381. The molecule has 1 spiro atoms. The van der Waals surface area contributed by atoms with Crippen molar-refractivity contribution in [3.05, 3.63) is 58.1 Å². The summed E-state index contributed by atoms with van der Waals surface area (Å²) >= 11 is 6.42. The highest BCUT2D eigenvalue weighted by atomic mass is 35.5. The summed E-state index contributed by atoms with van der Waals surface area (Å²) in [6.45, 7) is 5.79. The SMILES string of the molecule is C=S1(=O)NC(=O)c2ccc3c(c2)N(C[C@@H]2CC[C@H]2C(CO)(CO)CCC[C@H](C)[C@H]1C)C[C@@]1(CCCc2cc(Cl)ccc21)CO3. The fourth-order valence-corrected chi connectivity index (χ4v) is 10.2. The molecule has 2 aliphatic heterocycles. The molecule has 1 amide bonds. The fraction of sp³-hybridized carbons (Fsp3) is 0.600. The largest absolute Gasteiger partial charge is 0.490 e. The molecule has 3 N–H and O–H groups in total. The lowest BCUT2D eigenvalue weighted by Gasteiger charge is -2.51. The van der Waals surface area contributed by atoms with Crippen molar-refractivity contribution in [1.82, 2.24) is 4.72 Å². The normalized spacial score (nSPS) is 33.7. The summed E-state index contributed by atoms with van der Waals surface area (Å²) in [5.41, 5.74) is 3.00. The van der Waals surface area contributed by atoms with Crippen molar-refractivity contribution in [2.24, 2.45) is 23.2 Å². The predicted octanol–water partition coefficient (Wildman–Crippen LogP) is 5.38. The summed E-state index contributed by atoms with van der Waals surface area (Å²) in [5, 5.41) is 21.9. The Kier molecular flexibility index (Phi) is 8.76. The monoisotopic (exact) mass is 642 g/mol. The van der Waals surface area contributed by atoms with Crippen molar-refractivity contribution in [3.8, 4) is 5.75 Å². The van der Waals surface area contributed by atoms with Crippen LogP contribution in [0.15, 0.2) is 36.4 Å². The maximum atomic E-state index is 13.7. The highest BCUT2D eigenvalue weighted by Crippen LogP contribution is 2.51. The first kappa shape index (κ1) is 31.7. The number of nitrogens with one attached hydrogen (secondary N) is 1. The third-order valence-electron chi connectivity index (χ3n) is 11.6. The summed E-state index contributed by atoms with van der Waals surface area (Å²) in [4.78, 5) is 16.0. The topological polar surface area (TPSA) is 99.1 Å². The first-order valence-corrected chi connectivity index (χ1v) is 18.4. The molecule has 1 saturated carbocycles. The Hall–Kier alpha value is -2.26. The van der Waals surface area contributed by atoms with Crippen molar-refractivity contribution in [3.63, 3.8) is 0 Å². The van der Waals surface area contributed by atoms with Crippen LogP contribution in [0.5, 0.6) is 5.75 Å². The average Bonchev–Trinajstić information content (AvgIpc) is 3.14. The molecule has 6 atom stereocenters. The van der Waals surface area contributed by atoms with Crippen LogP contribution >= 0.6 is 11.6 Å². The van der Waals surface area contributed by atoms with Gasteiger partial charge in [-0.2, -0.15) is 0 Å². The van der Waals surface area contributed by atoms with E-state index in [2.05, 4.69) is 27.6 Å². The maximum absolute atomic E-state index is 13.7. The van der Waals surface area contributed by atoms with Crippen LogP contribution in [-0.4, -0.2) is 64.4 Å². The maximum Gasteiger partial charge on any atom is 0.262 e. The number of aliphatic hydroxyl groups is 2. The average molecular weight is 643 g/mol. The van der Waals surface area contributed by atoms with E-state index in [0.29, 0.717) is 18.6 Å². The molecule has 6 rings (SSSR count). The molecule has 2 heterocycles. The van der Waals surface area contributed by atoms with E-state index in [1.54, 1.807) is 6.07 Å². The third kappa shape index (κ3) is 5.65. The van der Waals surface area contributed by atoms with E-state index in [1.807, 2.05) is 32.0 Å². The number of hydrogen-bond acceptors (Lipinski definition) is 6. The Morgan fingerprint density at radius 1 is 1.09 bits per heavy atom. The van der Waals surface area contributed by atoms with E-state index in [-0.39, 0.29) is 41.6 Å². The summed E-state index contributed by atoms with van der Waals surface area (Å²) in [5.74, 6) is 4.82. The highest BCUT2D eigenvalue weighted by Gasteiger charge is 2.49. The number of halogens is 1. The lowest BCUT2D eigenvalue weighted by molar-refractivity contribution is -0.0665. The first-order valence-electron chi connectivity index (χ1n) is 16.2. The van der Waals surface area contributed by atoms with Crippen LogP contribution in [0.2, 0.25) is 5.02 Å². The van der Waals surface area contributed by atoms with E-state index < -0.39 is 21.0 Å². The van der Waals surface area contributed by atoms with Gasteiger partial charge < -0.3 is 19.8 Å². The van der Waals surface area contributed by atoms with Crippen LogP contribution in [0.4, 0.5) is 5.69 Å². The summed E-state index contributed by atoms with van der Waals surface area (Å²) in [6.07, 6.45) is 7.25. The van der Waals surface area contributed by atoms with Gasteiger partial charge in [-0.3, -0.25) is 9.52 Å². The Balaban J connectivity index is 1.44. The second-order valence-corrected chi connectivity index (χ2v) is 17.0. The number of benzene rings is 2. The Labute approximate surface area is 267 Å². The molecule has 2 aromatic rings. The van der Waals surface area contributed by atoms with Gasteiger partial charge in [-0.1, -0.05) is 31.0 Å². The number of aliphatic hydroxyl groups excluding tert-OH is 2. The van der Waals surface area contributed by atoms with E-state index in [0.717, 1.165) is 74.5 Å². The number of hydrogen-bond donors (Lipinski definition) is 3. The van der Waals surface area contributed by atoms with Gasteiger partial charge in [0.05, 0.1) is 35.2 Å². The number of amides is 1. The Bertz CT molecular complexity index is 1510. The van der Waals surface area contributed by atoms with Crippen molar-refractivity contribution >= 4 is 38.8 Å². The van der Waals surface area contributed by atoms with Crippen molar-refractivity contribution in [2.75, 3.05) is 37.8 Å². The molecule has 1 unspecified atom stereocenters. The Morgan fingerprint density at radius 2 is 1.89 bits per heavy atom. The van der Waals surface area contributed by atoms with E-state index >= 15 is 0 Å². The van der Waals surface area contributed by atoms with Gasteiger partial charge in [0.2, 0.25) is 0 Å². The van der Waals surface area contributed by atoms with Crippen LogP contribution < -0.4 is 14.4 Å². The van der Waals surface area contributed by atoms with E-state index in [1.165, 1.54) is 11.1 Å². The molecule has 0 aromatic heterocycles. The molecular weight excluding hydrogens is 596 g/mol. The number of nitrogens with zero attached hydrogens (tertiary/aromatic N) is 1. The third-order valence-corrected chi connectivity index (χ3v) is 14.0. The molecule has 1 fully saturated rings. The Morgan fingerprint density at radius 3 is 2.61 bits per heavy atom.